The fourth-order valence-corrected chi connectivity index (χ4v) is 3.82. The molecule has 7 nitrogen and oxygen atoms in total. The summed E-state index contributed by atoms with van der Waals surface area (Å²) in [5, 5.41) is 6.43. The van der Waals surface area contributed by atoms with Gasteiger partial charge in [-0.05, 0) is 51.8 Å². The Hall–Kier alpha value is -2.19. The summed E-state index contributed by atoms with van der Waals surface area (Å²) < 4.78 is 32.5. The molecule has 1 aromatic heterocycles. The van der Waals surface area contributed by atoms with Gasteiger partial charge < -0.3 is 9.84 Å². The molecule has 25 heavy (non-hydrogen) atoms. The first kappa shape index (κ1) is 17.6. The Morgan fingerprint density at radius 2 is 1.96 bits per heavy atom. The molecular formula is C17H21N3O4S. The standard InChI is InChI=1S/C17H21N3O4S/c1-17(2,3)20-25(22,23)13-6-4-5-12(9-13)18-16(21)14-10-15(24-19-14)11-7-8-11/h4-6,9-11,20H,7-8H2,1-3H3,(H,18,21). The van der Waals surface area contributed by atoms with E-state index in [1.54, 1.807) is 39.0 Å². The molecule has 0 radical (unpaired) electrons. The van der Waals surface area contributed by atoms with E-state index >= 15 is 0 Å². The third kappa shape index (κ3) is 4.46. The molecule has 1 aliphatic carbocycles. The number of anilines is 1. The van der Waals surface area contributed by atoms with Crippen molar-refractivity contribution in [1.29, 1.82) is 0 Å². The predicted molar refractivity (Wildman–Crippen MR) is 92.9 cm³/mol. The second-order valence-electron chi connectivity index (χ2n) is 7.23. The van der Waals surface area contributed by atoms with E-state index in [2.05, 4.69) is 15.2 Å². The fraction of sp³-hybridized carbons (Fsp3) is 0.412. The van der Waals surface area contributed by atoms with Gasteiger partial charge in [0.15, 0.2) is 5.69 Å². The van der Waals surface area contributed by atoms with Crippen LogP contribution in [0.15, 0.2) is 39.8 Å². The molecule has 2 aromatic rings. The van der Waals surface area contributed by atoms with E-state index in [0.717, 1.165) is 18.6 Å². The van der Waals surface area contributed by atoms with Gasteiger partial charge in [0.25, 0.3) is 5.91 Å². The molecule has 1 aromatic carbocycles. The van der Waals surface area contributed by atoms with Crippen LogP contribution in [0.4, 0.5) is 5.69 Å². The van der Waals surface area contributed by atoms with Gasteiger partial charge in [0.2, 0.25) is 10.0 Å². The van der Waals surface area contributed by atoms with Gasteiger partial charge in [0.05, 0.1) is 4.90 Å². The van der Waals surface area contributed by atoms with Gasteiger partial charge in [0.1, 0.15) is 5.76 Å². The lowest BCUT2D eigenvalue weighted by molar-refractivity contribution is 0.101. The van der Waals surface area contributed by atoms with Crippen molar-refractivity contribution in [1.82, 2.24) is 9.88 Å². The molecule has 1 saturated carbocycles. The smallest absolute Gasteiger partial charge is 0.277 e. The molecule has 1 amide bonds. The summed E-state index contributed by atoms with van der Waals surface area (Å²) in [5.74, 6) is 0.649. The van der Waals surface area contributed by atoms with Crippen molar-refractivity contribution < 1.29 is 17.7 Å². The molecule has 1 aliphatic rings. The van der Waals surface area contributed by atoms with Gasteiger partial charge in [-0.2, -0.15) is 0 Å². The number of carbonyl (C=O) groups is 1. The summed E-state index contributed by atoms with van der Waals surface area (Å²) in [6.45, 7) is 5.29. The molecule has 1 fully saturated rings. The van der Waals surface area contributed by atoms with Crippen LogP contribution in [0, 0.1) is 0 Å². The topological polar surface area (TPSA) is 101 Å². The maximum atomic E-state index is 12.4. The quantitative estimate of drug-likeness (QED) is 0.850. The Bertz CT molecular complexity index is 893. The maximum Gasteiger partial charge on any atom is 0.277 e. The zero-order chi connectivity index (χ0) is 18.2. The molecule has 2 N–H and O–H groups in total. The minimum Gasteiger partial charge on any atom is -0.360 e. The van der Waals surface area contributed by atoms with Crippen molar-refractivity contribution in [3.05, 3.63) is 41.8 Å². The highest BCUT2D eigenvalue weighted by molar-refractivity contribution is 7.89. The molecule has 0 spiro atoms. The monoisotopic (exact) mass is 363 g/mol. The average molecular weight is 363 g/mol. The number of amides is 1. The lowest BCUT2D eigenvalue weighted by Crippen LogP contribution is -2.40. The summed E-state index contributed by atoms with van der Waals surface area (Å²) in [6.07, 6.45) is 2.11. The van der Waals surface area contributed by atoms with Crippen molar-refractivity contribution in [3.63, 3.8) is 0 Å². The molecular weight excluding hydrogens is 342 g/mol. The normalized spacial score (nSPS) is 15.2. The SMILES string of the molecule is CC(C)(C)NS(=O)(=O)c1cccc(NC(=O)c2cc(C3CC3)on2)c1. The Morgan fingerprint density at radius 1 is 1.24 bits per heavy atom. The Balaban J connectivity index is 1.75. The summed E-state index contributed by atoms with van der Waals surface area (Å²) in [5.41, 5.74) is -0.0430. The second kappa shape index (κ2) is 6.27. The highest BCUT2D eigenvalue weighted by Crippen LogP contribution is 2.40. The lowest BCUT2D eigenvalue weighted by atomic mass is 10.1. The number of aromatic nitrogens is 1. The fourth-order valence-electron chi connectivity index (χ4n) is 2.35. The van der Waals surface area contributed by atoms with Crippen LogP contribution < -0.4 is 10.0 Å². The van der Waals surface area contributed by atoms with E-state index in [1.165, 1.54) is 12.1 Å². The van der Waals surface area contributed by atoms with E-state index in [-0.39, 0.29) is 10.6 Å². The highest BCUT2D eigenvalue weighted by atomic mass is 32.2. The van der Waals surface area contributed by atoms with E-state index in [1.807, 2.05) is 0 Å². The first-order valence-electron chi connectivity index (χ1n) is 8.06. The van der Waals surface area contributed by atoms with Crippen LogP contribution in [-0.4, -0.2) is 25.0 Å². The highest BCUT2D eigenvalue weighted by Gasteiger charge is 2.29. The average Bonchev–Trinajstić information content (AvgIpc) is 3.22. The second-order valence-corrected chi connectivity index (χ2v) is 8.91. The number of carbonyl (C=O) groups excluding carboxylic acids is 1. The van der Waals surface area contributed by atoms with Crippen LogP contribution in [0.5, 0.6) is 0 Å². The molecule has 3 rings (SSSR count). The van der Waals surface area contributed by atoms with Crippen molar-refractivity contribution >= 4 is 21.6 Å². The molecule has 1 heterocycles. The number of nitrogens with one attached hydrogen (secondary N) is 2. The van der Waals surface area contributed by atoms with Crippen LogP contribution >= 0.6 is 0 Å². The van der Waals surface area contributed by atoms with Crippen LogP contribution in [0.2, 0.25) is 0 Å². The van der Waals surface area contributed by atoms with Crippen molar-refractivity contribution in [2.24, 2.45) is 0 Å². The van der Waals surface area contributed by atoms with Crippen molar-refractivity contribution in [3.8, 4) is 0 Å². The van der Waals surface area contributed by atoms with Gasteiger partial charge in [-0.3, -0.25) is 4.79 Å². The summed E-state index contributed by atoms with van der Waals surface area (Å²) in [4.78, 5) is 12.3. The molecule has 0 unspecified atom stereocenters. The number of benzene rings is 1. The number of rotatable bonds is 5. The molecule has 0 bridgehead atoms. The van der Waals surface area contributed by atoms with Gasteiger partial charge in [-0.25, -0.2) is 13.1 Å². The van der Waals surface area contributed by atoms with Crippen LogP contribution in [0.25, 0.3) is 0 Å². The van der Waals surface area contributed by atoms with Crippen LogP contribution in [0.1, 0.15) is 55.8 Å². The summed E-state index contributed by atoms with van der Waals surface area (Å²) in [7, 11) is -3.68. The van der Waals surface area contributed by atoms with Gasteiger partial charge in [-0.15, -0.1) is 0 Å². The van der Waals surface area contributed by atoms with Crippen LogP contribution in [-0.2, 0) is 10.0 Å². The summed E-state index contributed by atoms with van der Waals surface area (Å²) in [6, 6.07) is 7.72. The Kier molecular flexibility index (Phi) is 4.42. The molecule has 0 saturated heterocycles. The van der Waals surface area contributed by atoms with E-state index in [0.29, 0.717) is 11.6 Å². The summed E-state index contributed by atoms with van der Waals surface area (Å²) >= 11 is 0. The van der Waals surface area contributed by atoms with Gasteiger partial charge in [0, 0.05) is 23.2 Å². The molecule has 134 valence electrons. The Labute approximate surface area is 146 Å². The van der Waals surface area contributed by atoms with Crippen molar-refractivity contribution in [2.75, 3.05) is 5.32 Å². The first-order valence-corrected chi connectivity index (χ1v) is 9.54. The lowest BCUT2D eigenvalue weighted by Gasteiger charge is -2.20. The third-order valence-corrected chi connectivity index (χ3v) is 5.34. The zero-order valence-corrected chi connectivity index (χ0v) is 15.2. The number of hydrogen-bond acceptors (Lipinski definition) is 5. The molecule has 8 heteroatoms. The predicted octanol–water partition coefficient (Wildman–Crippen LogP) is 2.88. The van der Waals surface area contributed by atoms with Crippen LogP contribution in [0.3, 0.4) is 0 Å². The zero-order valence-electron chi connectivity index (χ0n) is 14.4. The first-order chi connectivity index (χ1) is 11.6. The van der Waals surface area contributed by atoms with E-state index < -0.39 is 21.5 Å². The van der Waals surface area contributed by atoms with Gasteiger partial charge in [-0.1, -0.05) is 11.2 Å². The maximum absolute atomic E-state index is 12.4. The molecule has 0 aliphatic heterocycles. The largest absolute Gasteiger partial charge is 0.360 e. The van der Waals surface area contributed by atoms with Gasteiger partial charge >= 0.3 is 0 Å². The minimum atomic E-state index is -3.68. The number of sulfonamides is 1. The minimum absolute atomic E-state index is 0.0825. The third-order valence-electron chi connectivity index (χ3n) is 3.58. The number of hydrogen-bond donors (Lipinski definition) is 2. The Morgan fingerprint density at radius 3 is 2.60 bits per heavy atom. The van der Waals surface area contributed by atoms with Crippen molar-refractivity contribution in [2.45, 2.75) is 50.0 Å². The van der Waals surface area contributed by atoms with E-state index in [4.69, 9.17) is 4.52 Å². The van der Waals surface area contributed by atoms with E-state index in [9.17, 15) is 13.2 Å². The number of nitrogens with zero attached hydrogens (tertiary/aromatic N) is 1. The molecule has 0 atom stereocenters.